The van der Waals surface area contributed by atoms with Crippen molar-refractivity contribution in [1.29, 1.82) is 0 Å². The molecule has 0 bridgehead atoms. The average molecular weight is 263 g/mol. The average Bonchev–Trinajstić information content (AvgIpc) is 2.27. The molecule has 1 amide bonds. The molecule has 0 saturated heterocycles. The van der Waals surface area contributed by atoms with Crippen LogP contribution in [0.5, 0.6) is 0 Å². The number of hydrogen-bond acceptors (Lipinski definition) is 2. The van der Waals surface area contributed by atoms with E-state index < -0.39 is 5.97 Å². The van der Waals surface area contributed by atoms with Gasteiger partial charge in [-0.05, 0) is 17.0 Å². The second-order valence-corrected chi connectivity index (χ2v) is 5.24. The standard InChI is InChI=1S/C15H21NO3/c1-11(2)7-14(17)16(3)10-13-6-4-5-12(8-13)9-15(18)19/h4-6,8,11H,7,9-10H2,1-3H3,(H,18,19). The van der Waals surface area contributed by atoms with Crippen LogP contribution in [0.25, 0.3) is 0 Å². The van der Waals surface area contributed by atoms with Gasteiger partial charge in [-0.3, -0.25) is 9.59 Å². The van der Waals surface area contributed by atoms with Gasteiger partial charge in [-0.2, -0.15) is 0 Å². The zero-order valence-corrected chi connectivity index (χ0v) is 11.7. The number of nitrogens with zero attached hydrogens (tertiary/aromatic N) is 1. The van der Waals surface area contributed by atoms with Gasteiger partial charge in [0.1, 0.15) is 0 Å². The number of benzene rings is 1. The zero-order valence-electron chi connectivity index (χ0n) is 11.7. The first-order valence-electron chi connectivity index (χ1n) is 6.42. The minimum Gasteiger partial charge on any atom is -0.481 e. The van der Waals surface area contributed by atoms with Gasteiger partial charge in [0.25, 0.3) is 0 Å². The number of rotatable bonds is 6. The molecular weight excluding hydrogens is 242 g/mol. The van der Waals surface area contributed by atoms with Crippen molar-refractivity contribution in [2.24, 2.45) is 5.92 Å². The number of hydrogen-bond donors (Lipinski definition) is 1. The lowest BCUT2D eigenvalue weighted by molar-refractivity contribution is -0.136. The molecule has 0 radical (unpaired) electrons. The van der Waals surface area contributed by atoms with Crippen LogP contribution in [0.4, 0.5) is 0 Å². The number of carbonyl (C=O) groups is 2. The summed E-state index contributed by atoms with van der Waals surface area (Å²) in [5, 5.41) is 8.76. The highest BCUT2D eigenvalue weighted by atomic mass is 16.4. The summed E-state index contributed by atoms with van der Waals surface area (Å²) in [5.41, 5.74) is 1.72. The third-order valence-corrected chi connectivity index (χ3v) is 2.78. The van der Waals surface area contributed by atoms with Crippen molar-refractivity contribution in [3.63, 3.8) is 0 Å². The van der Waals surface area contributed by atoms with Crippen LogP contribution >= 0.6 is 0 Å². The quantitative estimate of drug-likeness (QED) is 0.857. The number of carboxylic acid groups (broad SMARTS) is 1. The molecule has 0 unspecified atom stereocenters. The molecule has 0 aliphatic carbocycles. The second kappa shape index (κ2) is 6.92. The van der Waals surface area contributed by atoms with Crippen molar-refractivity contribution in [2.45, 2.75) is 33.2 Å². The Balaban J connectivity index is 2.66. The maximum Gasteiger partial charge on any atom is 0.307 e. The molecule has 19 heavy (non-hydrogen) atoms. The maximum absolute atomic E-state index is 11.9. The van der Waals surface area contributed by atoms with Crippen molar-refractivity contribution in [3.05, 3.63) is 35.4 Å². The highest BCUT2D eigenvalue weighted by molar-refractivity contribution is 5.76. The molecule has 1 aromatic carbocycles. The van der Waals surface area contributed by atoms with Crippen LogP contribution in [0.15, 0.2) is 24.3 Å². The van der Waals surface area contributed by atoms with Crippen LogP contribution < -0.4 is 0 Å². The van der Waals surface area contributed by atoms with Gasteiger partial charge >= 0.3 is 5.97 Å². The van der Waals surface area contributed by atoms with Crippen LogP contribution in [-0.2, 0) is 22.6 Å². The van der Waals surface area contributed by atoms with E-state index in [2.05, 4.69) is 0 Å². The molecule has 1 N–H and O–H groups in total. The highest BCUT2D eigenvalue weighted by Gasteiger charge is 2.11. The predicted octanol–water partition coefficient (Wildman–Crippen LogP) is 2.32. The third kappa shape index (κ3) is 5.55. The van der Waals surface area contributed by atoms with Crippen LogP contribution in [0.2, 0.25) is 0 Å². The molecule has 0 aliphatic rings. The van der Waals surface area contributed by atoms with Crippen molar-refractivity contribution >= 4 is 11.9 Å². The van der Waals surface area contributed by atoms with E-state index in [-0.39, 0.29) is 12.3 Å². The molecule has 1 aromatic rings. The van der Waals surface area contributed by atoms with E-state index in [1.54, 1.807) is 18.0 Å². The van der Waals surface area contributed by atoms with Crippen LogP contribution in [0, 0.1) is 5.92 Å². The van der Waals surface area contributed by atoms with Gasteiger partial charge in [0, 0.05) is 20.0 Å². The summed E-state index contributed by atoms with van der Waals surface area (Å²) in [7, 11) is 1.77. The first-order chi connectivity index (χ1) is 8.88. The van der Waals surface area contributed by atoms with Gasteiger partial charge in [0.05, 0.1) is 6.42 Å². The van der Waals surface area contributed by atoms with Crippen molar-refractivity contribution in [1.82, 2.24) is 4.90 Å². The predicted molar refractivity (Wildman–Crippen MR) is 73.7 cm³/mol. The van der Waals surface area contributed by atoms with Gasteiger partial charge in [-0.1, -0.05) is 38.1 Å². The van der Waals surface area contributed by atoms with Crippen molar-refractivity contribution < 1.29 is 14.7 Å². The van der Waals surface area contributed by atoms with E-state index in [9.17, 15) is 9.59 Å². The molecule has 0 aliphatic heterocycles. The maximum atomic E-state index is 11.9. The van der Waals surface area contributed by atoms with Gasteiger partial charge < -0.3 is 10.0 Å². The Hall–Kier alpha value is -1.84. The van der Waals surface area contributed by atoms with Gasteiger partial charge in [-0.15, -0.1) is 0 Å². The lowest BCUT2D eigenvalue weighted by Crippen LogP contribution is -2.27. The Kier molecular flexibility index (Phi) is 5.55. The first kappa shape index (κ1) is 15.2. The minimum absolute atomic E-state index is 0.0114. The Bertz CT molecular complexity index is 454. The van der Waals surface area contributed by atoms with Crippen LogP contribution in [-0.4, -0.2) is 28.9 Å². The monoisotopic (exact) mass is 263 g/mol. The minimum atomic E-state index is -0.846. The molecule has 0 aromatic heterocycles. The van der Waals surface area contributed by atoms with E-state index in [0.717, 1.165) is 11.1 Å². The topological polar surface area (TPSA) is 57.6 Å². The molecule has 4 heteroatoms. The summed E-state index contributed by atoms with van der Waals surface area (Å²) in [5.74, 6) is -0.395. The Morgan fingerprint density at radius 2 is 1.89 bits per heavy atom. The number of carbonyl (C=O) groups excluding carboxylic acids is 1. The van der Waals surface area contributed by atoms with E-state index >= 15 is 0 Å². The number of aliphatic carboxylic acids is 1. The molecule has 4 nitrogen and oxygen atoms in total. The fourth-order valence-electron chi connectivity index (χ4n) is 1.88. The number of amides is 1. The summed E-state index contributed by atoms with van der Waals surface area (Å²) in [6.07, 6.45) is 0.544. The van der Waals surface area contributed by atoms with E-state index in [4.69, 9.17) is 5.11 Å². The van der Waals surface area contributed by atoms with Crippen molar-refractivity contribution in [2.75, 3.05) is 7.05 Å². The first-order valence-corrected chi connectivity index (χ1v) is 6.42. The van der Waals surface area contributed by atoms with Crippen molar-refractivity contribution in [3.8, 4) is 0 Å². The zero-order chi connectivity index (χ0) is 14.4. The fourth-order valence-corrected chi connectivity index (χ4v) is 1.88. The van der Waals surface area contributed by atoms with Crippen LogP contribution in [0.1, 0.15) is 31.4 Å². The molecule has 1 rings (SSSR count). The molecule has 0 heterocycles. The third-order valence-electron chi connectivity index (χ3n) is 2.78. The Morgan fingerprint density at radius 3 is 2.47 bits per heavy atom. The van der Waals surface area contributed by atoms with Gasteiger partial charge in [0.15, 0.2) is 0 Å². The molecule has 0 saturated carbocycles. The highest BCUT2D eigenvalue weighted by Crippen LogP contribution is 2.10. The molecule has 104 valence electrons. The molecule has 0 fully saturated rings. The van der Waals surface area contributed by atoms with E-state index in [0.29, 0.717) is 18.9 Å². The second-order valence-electron chi connectivity index (χ2n) is 5.24. The summed E-state index contributed by atoms with van der Waals surface area (Å²) in [4.78, 5) is 24.2. The summed E-state index contributed by atoms with van der Waals surface area (Å²) in [6.45, 7) is 4.54. The normalized spacial score (nSPS) is 10.5. The van der Waals surface area contributed by atoms with E-state index in [1.165, 1.54) is 0 Å². The molecule has 0 spiro atoms. The van der Waals surface area contributed by atoms with Gasteiger partial charge in [-0.25, -0.2) is 0 Å². The Labute approximate surface area is 114 Å². The summed E-state index contributed by atoms with van der Waals surface area (Å²) >= 11 is 0. The smallest absolute Gasteiger partial charge is 0.307 e. The lowest BCUT2D eigenvalue weighted by atomic mass is 10.1. The molecule has 0 atom stereocenters. The van der Waals surface area contributed by atoms with Crippen LogP contribution in [0.3, 0.4) is 0 Å². The van der Waals surface area contributed by atoms with Gasteiger partial charge in [0.2, 0.25) is 5.91 Å². The summed E-state index contributed by atoms with van der Waals surface area (Å²) < 4.78 is 0. The lowest BCUT2D eigenvalue weighted by Gasteiger charge is -2.18. The Morgan fingerprint density at radius 1 is 1.26 bits per heavy atom. The van der Waals surface area contributed by atoms with E-state index in [1.807, 2.05) is 32.0 Å². The molecular formula is C15H21NO3. The SMILES string of the molecule is CC(C)CC(=O)N(C)Cc1cccc(CC(=O)O)c1. The fraction of sp³-hybridized carbons (Fsp3) is 0.467. The largest absolute Gasteiger partial charge is 0.481 e. The number of carboxylic acids is 1. The summed E-state index contributed by atoms with van der Waals surface area (Å²) in [6, 6.07) is 7.36.